The van der Waals surface area contributed by atoms with E-state index in [-0.39, 0.29) is 0 Å². The fourth-order valence-electron chi connectivity index (χ4n) is 1.26. The van der Waals surface area contributed by atoms with Gasteiger partial charge in [-0.15, -0.1) is 11.6 Å². The molecule has 1 fully saturated rings. The second-order valence-electron chi connectivity index (χ2n) is 2.76. The lowest BCUT2D eigenvalue weighted by molar-refractivity contribution is -0.404. The minimum absolute atomic E-state index is 0.443. The van der Waals surface area contributed by atoms with Gasteiger partial charge in [-0.2, -0.15) is 0 Å². The van der Waals surface area contributed by atoms with Gasteiger partial charge in [-0.3, -0.25) is 10.1 Å². The number of halogens is 1. The first kappa shape index (κ1) is 10.1. The predicted molar refractivity (Wildman–Crippen MR) is 50.0 cm³/mol. The molecule has 1 aliphatic rings. The molecule has 0 atom stereocenters. The lowest BCUT2D eigenvalue weighted by Crippen LogP contribution is -2.22. The van der Waals surface area contributed by atoms with Gasteiger partial charge >= 0.3 is 0 Å². The Morgan fingerprint density at radius 3 is 3.15 bits per heavy atom. The van der Waals surface area contributed by atoms with E-state index in [1.165, 1.54) is 0 Å². The van der Waals surface area contributed by atoms with E-state index in [9.17, 15) is 10.1 Å². The highest BCUT2D eigenvalue weighted by atomic mass is 35.5. The van der Waals surface area contributed by atoms with Crippen LogP contribution in [0.4, 0.5) is 0 Å². The molecule has 1 N–H and O–H groups in total. The van der Waals surface area contributed by atoms with Crippen LogP contribution in [-0.4, -0.2) is 35.3 Å². The van der Waals surface area contributed by atoms with Gasteiger partial charge in [0.2, 0.25) is 0 Å². The Bertz CT molecular complexity index is 220. The van der Waals surface area contributed by atoms with Crippen LogP contribution >= 0.6 is 11.6 Å². The lowest BCUT2D eigenvalue weighted by atomic mass is 10.4. The summed E-state index contributed by atoms with van der Waals surface area (Å²) in [6, 6.07) is 0. The molecular weight excluding hydrogens is 194 g/mol. The minimum Gasteiger partial charge on any atom is -0.365 e. The van der Waals surface area contributed by atoms with Crippen LogP contribution < -0.4 is 5.32 Å². The molecule has 0 aliphatic carbocycles. The van der Waals surface area contributed by atoms with Crippen LogP contribution in [0.25, 0.3) is 0 Å². The molecule has 0 spiro atoms. The van der Waals surface area contributed by atoms with E-state index in [0.29, 0.717) is 11.7 Å². The van der Waals surface area contributed by atoms with Gasteiger partial charge in [-0.1, -0.05) is 0 Å². The molecule has 6 heteroatoms. The molecule has 1 saturated heterocycles. The molecule has 5 nitrogen and oxygen atoms in total. The maximum absolute atomic E-state index is 10.2. The summed E-state index contributed by atoms with van der Waals surface area (Å²) < 4.78 is 0. The summed E-state index contributed by atoms with van der Waals surface area (Å²) in [6.45, 7) is 2.36. The van der Waals surface area contributed by atoms with Crippen LogP contribution in [0.3, 0.4) is 0 Å². The number of nitrogens with one attached hydrogen (secondary N) is 1. The van der Waals surface area contributed by atoms with Crippen molar-refractivity contribution in [1.29, 1.82) is 0 Å². The first-order valence-corrected chi connectivity index (χ1v) is 4.67. The van der Waals surface area contributed by atoms with Crippen molar-refractivity contribution in [3.05, 3.63) is 22.1 Å². The Hall–Kier alpha value is -0.970. The topological polar surface area (TPSA) is 58.4 Å². The van der Waals surface area contributed by atoms with E-state index in [0.717, 1.165) is 32.3 Å². The summed E-state index contributed by atoms with van der Waals surface area (Å²) in [4.78, 5) is 11.7. The van der Waals surface area contributed by atoms with Crippen molar-refractivity contribution in [3.8, 4) is 0 Å². The van der Waals surface area contributed by atoms with Crippen molar-refractivity contribution >= 4 is 11.6 Å². The summed E-state index contributed by atoms with van der Waals surface area (Å²) in [5.74, 6) is 1.18. The van der Waals surface area contributed by atoms with E-state index in [1.54, 1.807) is 0 Å². The lowest BCUT2D eigenvalue weighted by Gasteiger charge is -2.15. The van der Waals surface area contributed by atoms with Crippen LogP contribution in [-0.2, 0) is 0 Å². The smallest absolute Gasteiger partial charge is 0.274 e. The van der Waals surface area contributed by atoms with Crippen molar-refractivity contribution < 1.29 is 4.92 Å². The molecule has 1 heterocycles. The highest BCUT2D eigenvalue weighted by molar-refractivity contribution is 6.17. The molecule has 0 saturated carbocycles. The summed E-state index contributed by atoms with van der Waals surface area (Å²) in [5.41, 5.74) is 0. The van der Waals surface area contributed by atoms with Crippen molar-refractivity contribution in [1.82, 2.24) is 10.2 Å². The second-order valence-corrected chi connectivity index (χ2v) is 3.13. The molecule has 1 rings (SSSR count). The Balaban J connectivity index is 2.48. The largest absolute Gasteiger partial charge is 0.365 e. The summed E-state index contributed by atoms with van der Waals surface area (Å²) in [7, 11) is 0. The Morgan fingerprint density at radius 2 is 2.54 bits per heavy atom. The number of nitrogens with zero attached hydrogens (tertiary/aromatic N) is 2. The number of hydrogen-bond donors (Lipinski definition) is 1. The molecule has 0 aromatic carbocycles. The molecule has 0 bridgehead atoms. The Labute approximate surface area is 81.5 Å². The summed E-state index contributed by atoms with van der Waals surface area (Å²) >= 11 is 5.53. The van der Waals surface area contributed by atoms with Gasteiger partial charge in [0.05, 0.1) is 4.92 Å². The van der Waals surface area contributed by atoms with E-state index in [4.69, 9.17) is 11.6 Å². The van der Waals surface area contributed by atoms with Gasteiger partial charge in [-0.05, 0) is 6.42 Å². The number of rotatable bonds is 4. The quantitative estimate of drug-likeness (QED) is 0.415. The highest BCUT2D eigenvalue weighted by Crippen LogP contribution is 2.07. The number of alkyl halides is 1. The zero-order valence-corrected chi connectivity index (χ0v) is 7.96. The van der Waals surface area contributed by atoms with E-state index in [1.807, 2.05) is 4.90 Å². The molecule has 0 aromatic heterocycles. The van der Waals surface area contributed by atoms with Gasteiger partial charge in [-0.25, -0.2) is 0 Å². The molecule has 0 unspecified atom stereocenters. The van der Waals surface area contributed by atoms with Gasteiger partial charge in [0, 0.05) is 25.5 Å². The molecule has 74 valence electrons. The van der Waals surface area contributed by atoms with Crippen LogP contribution in [0, 0.1) is 10.1 Å². The van der Waals surface area contributed by atoms with Crippen LogP contribution in [0.2, 0.25) is 0 Å². The first-order chi connectivity index (χ1) is 6.24. The van der Waals surface area contributed by atoms with E-state index >= 15 is 0 Å². The maximum atomic E-state index is 10.2. The Morgan fingerprint density at radius 1 is 1.77 bits per heavy atom. The second kappa shape index (κ2) is 4.91. The fraction of sp³-hybridized carbons (Fsp3) is 0.714. The zero-order chi connectivity index (χ0) is 9.68. The summed E-state index contributed by atoms with van der Waals surface area (Å²) in [5, 5.41) is 13.2. The first-order valence-electron chi connectivity index (χ1n) is 4.14. The number of nitro groups is 1. The molecule has 13 heavy (non-hydrogen) atoms. The molecule has 0 amide bonds. The van der Waals surface area contributed by atoms with Crippen molar-refractivity contribution in [3.63, 3.8) is 0 Å². The van der Waals surface area contributed by atoms with Gasteiger partial charge in [0.25, 0.3) is 6.20 Å². The third kappa shape index (κ3) is 3.10. The minimum atomic E-state index is -0.443. The summed E-state index contributed by atoms with van der Waals surface area (Å²) in [6.07, 6.45) is 1.85. The van der Waals surface area contributed by atoms with Crippen LogP contribution in [0.15, 0.2) is 12.0 Å². The highest BCUT2D eigenvalue weighted by Gasteiger charge is 2.18. The predicted octanol–water partition coefficient (Wildman–Crippen LogP) is 0.596. The standard InChI is InChI=1S/C7H12ClN3O2/c8-2-1-4-10-5-3-9-7(10)6-11(12)13/h6,9H,1-5H2/b7-6+. The fourth-order valence-corrected chi connectivity index (χ4v) is 1.38. The number of hydrogen-bond acceptors (Lipinski definition) is 4. The van der Waals surface area contributed by atoms with E-state index in [2.05, 4.69) is 5.32 Å². The Kier molecular flexibility index (Phi) is 3.82. The molecule has 0 radical (unpaired) electrons. The normalized spacial score (nSPS) is 19.2. The molecular formula is C7H12ClN3O2. The average Bonchev–Trinajstić information content (AvgIpc) is 2.48. The average molecular weight is 206 g/mol. The van der Waals surface area contributed by atoms with Gasteiger partial charge in [0.15, 0.2) is 5.82 Å². The van der Waals surface area contributed by atoms with E-state index < -0.39 is 4.92 Å². The monoisotopic (exact) mass is 205 g/mol. The maximum Gasteiger partial charge on any atom is 0.274 e. The van der Waals surface area contributed by atoms with Crippen LogP contribution in [0.1, 0.15) is 6.42 Å². The van der Waals surface area contributed by atoms with Crippen LogP contribution in [0.5, 0.6) is 0 Å². The van der Waals surface area contributed by atoms with Gasteiger partial charge in [0.1, 0.15) is 0 Å². The third-order valence-corrected chi connectivity index (χ3v) is 2.09. The third-order valence-electron chi connectivity index (χ3n) is 1.82. The SMILES string of the molecule is O=[N+]([O-])/C=C1\NCCN1CCCCl. The van der Waals surface area contributed by atoms with Crippen molar-refractivity contribution in [2.45, 2.75) is 6.42 Å². The van der Waals surface area contributed by atoms with Crippen molar-refractivity contribution in [2.75, 3.05) is 25.5 Å². The van der Waals surface area contributed by atoms with Crippen molar-refractivity contribution in [2.24, 2.45) is 0 Å². The molecule has 1 aliphatic heterocycles. The zero-order valence-electron chi connectivity index (χ0n) is 7.20. The molecule has 0 aromatic rings. The van der Waals surface area contributed by atoms with Gasteiger partial charge < -0.3 is 10.2 Å².